The van der Waals surface area contributed by atoms with Gasteiger partial charge in [0.15, 0.2) is 0 Å². The topological polar surface area (TPSA) is 30.7 Å². The predicted octanol–water partition coefficient (Wildman–Crippen LogP) is 4.68. The molecule has 0 unspecified atom stereocenters. The quantitative estimate of drug-likeness (QED) is 0.503. The van der Waals surface area contributed by atoms with Gasteiger partial charge in [0.25, 0.3) is 0 Å². The number of fused-ring (bicyclic) bond motifs is 2. The molecule has 0 atom stereocenters. The van der Waals surface area contributed by atoms with E-state index in [9.17, 15) is 0 Å². The van der Waals surface area contributed by atoms with Crippen molar-refractivity contribution in [1.29, 1.82) is 0 Å². The summed E-state index contributed by atoms with van der Waals surface area (Å²) >= 11 is 7.74. The highest BCUT2D eigenvalue weighted by molar-refractivity contribution is 7.16. The number of hydrogen-bond donors (Lipinski definition) is 0. The Morgan fingerprint density at radius 2 is 2.05 bits per heavy atom. The molecule has 21 heavy (non-hydrogen) atoms. The lowest BCUT2D eigenvalue weighted by molar-refractivity contribution is 0.984. The van der Waals surface area contributed by atoms with E-state index in [2.05, 4.69) is 51.8 Å². The van der Waals surface area contributed by atoms with Gasteiger partial charge in [0.2, 0.25) is 0 Å². The molecule has 0 amide bonds. The van der Waals surface area contributed by atoms with Crippen LogP contribution in [-0.2, 0) is 5.88 Å². The summed E-state index contributed by atoms with van der Waals surface area (Å²) in [7, 11) is 0. The first-order chi connectivity index (χ1) is 10.3. The van der Waals surface area contributed by atoms with Crippen LogP contribution in [0.15, 0.2) is 41.9 Å². The minimum Gasteiger partial charge on any atom is -0.295 e. The highest BCUT2D eigenvalue weighted by atomic mass is 35.5. The van der Waals surface area contributed by atoms with Gasteiger partial charge in [-0.15, -0.1) is 22.9 Å². The SMILES string of the molecule is Cc1ccc2c(c1)nc(CCl)n2-c1ccc2ncsc2c1. The van der Waals surface area contributed by atoms with Crippen LogP contribution in [0.4, 0.5) is 0 Å². The Morgan fingerprint density at radius 3 is 2.90 bits per heavy atom. The summed E-state index contributed by atoms with van der Waals surface area (Å²) in [4.78, 5) is 8.98. The molecule has 4 rings (SSSR count). The number of aromatic nitrogens is 3. The van der Waals surface area contributed by atoms with E-state index >= 15 is 0 Å². The normalized spacial score (nSPS) is 11.5. The monoisotopic (exact) mass is 313 g/mol. The van der Waals surface area contributed by atoms with Crippen molar-refractivity contribution in [1.82, 2.24) is 14.5 Å². The van der Waals surface area contributed by atoms with Crippen LogP contribution in [0, 0.1) is 6.92 Å². The number of nitrogens with zero attached hydrogens (tertiary/aromatic N) is 3. The molecule has 0 aliphatic carbocycles. The second-order valence-corrected chi connectivity index (χ2v) is 6.15. The van der Waals surface area contributed by atoms with Crippen LogP contribution in [0.5, 0.6) is 0 Å². The molecule has 0 fully saturated rings. The maximum Gasteiger partial charge on any atom is 0.129 e. The van der Waals surface area contributed by atoms with Gasteiger partial charge in [0, 0.05) is 5.69 Å². The van der Waals surface area contributed by atoms with Gasteiger partial charge in [0.1, 0.15) is 5.82 Å². The number of aryl methyl sites for hydroxylation is 1. The van der Waals surface area contributed by atoms with E-state index in [0.29, 0.717) is 5.88 Å². The first-order valence-corrected chi connectivity index (χ1v) is 8.05. The van der Waals surface area contributed by atoms with Crippen molar-refractivity contribution in [3.63, 3.8) is 0 Å². The Balaban J connectivity index is 2.03. The van der Waals surface area contributed by atoms with E-state index in [1.165, 1.54) is 10.3 Å². The average Bonchev–Trinajstić information content (AvgIpc) is 3.09. The van der Waals surface area contributed by atoms with Crippen LogP contribution in [0.2, 0.25) is 0 Å². The van der Waals surface area contributed by atoms with Crippen molar-refractivity contribution in [2.75, 3.05) is 0 Å². The lowest BCUT2D eigenvalue weighted by Crippen LogP contribution is -1.98. The van der Waals surface area contributed by atoms with Crippen LogP contribution in [-0.4, -0.2) is 14.5 Å². The standard InChI is InChI=1S/C16H12ClN3S/c1-10-2-5-14-13(6-10)19-16(8-17)20(14)11-3-4-12-15(7-11)21-9-18-12/h2-7,9H,8H2,1H3. The fourth-order valence-electron chi connectivity index (χ4n) is 2.60. The smallest absolute Gasteiger partial charge is 0.129 e. The van der Waals surface area contributed by atoms with Gasteiger partial charge in [-0.3, -0.25) is 4.57 Å². The molecule has 0 aliphatic heterocycles. The van der Waals surface area contributed by atoms with E-state index < -0.39 is 0 Å². The number of halogens is 1. The average molecular weight is 314 g/mol. The molecule has 5 heteroatoms. The minimum absolute atomic E-state index is 0.383. The molecule has 2 aromatic carbocycles. The van der Waals surface area contributed by atoms with Crippen LogP contribution in [0.1, 0.15) is 11.4 Å². The summed E-state index contributed by atoms with van der Waals surface area (Å²) in [6.45, 7) is 2.07. The number of benzene rings is 2. The predicted molar refractivity (Wildman–Crippen MR) is 88.5 cm³/mol. The summed E-state index contributed by atoms with van der Waals surface area (Å²) in [5, 5.41) is 0. The fraction of sp³-hybridized carbons (Fsp3) is 0.125. The molecule has 4 aromatic rings. The summed E-state index contributed by atoms with van der Waals surface area (Å²) in [6, 6.07) is 12.5. The number of thiazole rings is 1. The van der Waals surface area contributed by atoms with Gasteiger partial charge in [-0.2, -0.15) is 0 Å². The van der Waals surface area contributed by atoms with Crippen LogP contribution < -0.4 is 0 Å². The highest BCUT2D eigenvalue weighted by Gasteiger charge is 2.12. The third-order valence-corrected chi connectivity index (χ3v) is 4.60. The van der Waals surface area contributed by atoms with Crippen molar-refractivity contribution >= 4 is 44.2 Å². The maximum absolute atomic E-state index is 6.10. The molecule has 0 bridgehead atoms. The molecule has 0 radical (unpaired) electrons. The molecule has 0 N–H and O–H groups in total. The summed E-state index contributed by atoms with van der Waals surface area (Å²) < 4.78 is 3.29. The first kappa shape index (κ1) is 12.8. The van der Waals surface area contributed by atoms with Crippen molar-refractivity contribution in [2.24, 2.45) is 0 Å². The Morgan fingerprint density at radius 1 is 1.14 bits per heavy atom. The maximum atomic E-state index is 6.10. The van der Waals surface area contributed by atoms with Gasteiger partial charge in [-0.05, 0) is 42.8 Å². The minimum atomic E-state index is 0.383. The van der Waals surface area contributed by atoms with Gasteiger partial charge in [0.05, 0.1) is 32.6 Å². The Kier molecular flexibility index (Phi) is 2.94. The molecule has 104 valence electrons. The Hall–Kier alpha value is -1.91. The van der Waals surface area contributed by atoms with Crippen molar-refractivity contribution in [3.05, 3.63) is 53.3 Å². The summed E-state index contributed by atoms with van der Waals surface area (Å²) in [5.41, 5.74) is 7.23. The van der Waals surface area contributed by atoms with Gasteiger partial charge in [-0.1, -0.05) is 6.07 Å². The molecule has 0 spiro atoms. The largest absolute Gasteiger partial charge is 0.295 e. The van der Waals surface area contributed by atoms with Crippen LogP contribution in [0.3, 0.4) is 0 Å². The fourth-order valence-corrected chi connectivity index (χ4v) is 3.49. The molecular formula is C16H12ClN3S. The number of alkyl halides is 1. The number of rotatable bonds is 2. The second-order valence-electron chi connectivity index (χ2n) is 4.99. The number of hydrogen-bond acceptors (Lipinski definition) is 3. The van der Waals surface area contributed by atoms with Gasteiger partial charge >= 0.3 is 0 Å². The molecule has 2 aromatic heterocycles. The highest BCUT2D eigenvalue weighted by Crippen LogP contribution is 2.27. The van der Waals surface area contributed by atoms with Gasteiger partial charge in [-0.25, -0.2) is 9.97 Å². The Bertz CT molecular complexity index is 955. The second kappa shape index (κ2) is 4.83. The van der Waals surface area contributed by atoms with Crippen molar-refractivity contribution < 1.29 is 0 Å². The van der Waals surface area contributed by atoms with E-state index in [0.717, 1.165) is 28.1 Å². The molecule has 2 heterocycles. The third kappa shape index (κ3) is 2.03. The van der Waals surface area contributed by atoms with Gasteiger partial charge < -0.3 is 0 Å². The molecule has 0 aliphatic rings. The van der Waals surface area contributed by atoms with E-state index in [1.807, 2.05) is 11.6 Å². The number of imidazole rings is 1. The third-order valence-electron chi connectivity index (χ3n) is 3.57. The zero-order chi connectivity index (χ0) is 14.4. The summed E-state index contributed by atoms with van der Waals surface area (Å²) in [5.74, 6) is 1.25. The molecule has 3 nitrogen and oxygen atoms in total. The molecule has 0 saturated heterocycles. The zero-order valence-corrected chi connectivity index (χ0v) is 12.9. The Labute approximate surface area is 130 Å². The zero-order valence-electron chi connectivity index (χ0n) is 11.4. The van der Waals surface area contributed by atoms with E-state index in [-0.39, 0.29) is 0 Å². The lowest BCUT2D eigenvalue weighted by Gasteiger charge is -2.08. The molecule has 0 saturated carbocycles. The lowest BCUT2D eigenvalue weighted by atomic mass is 10.2. The van der Waals surface area contributed by atoms with E-state index in [1.54, 1.807) is 11.3 Å². The van der Waals surface area contributed by atoms with Crippen LogP contribution >= 0.6 is 22.9 Å². The van der Waals surface area contributed by atoms with Crippen molar-refractivity contribution in [3.8, 4) is 5.69 Å². The summed E-state index contributed by atoms with van der Waals surface area (Å²) in [6.07, 6.45) is 0. The van der Waals surface area contributed by atoms with E-state index in [4.69, 9.17) is 11.6 Å². The first-order valence-electron chi connectivity index (χ1n) is 6.64. The molecular weight excluding hydrogens is 302 g/mol. The van der Waals surface area contributed by atoms with Crippen molar-refractivity contribution in [2.45, 2.75) is 12.8 Å². The van der Waals surface area contributed by atoms with Crippen LogP contribution in [0.25, 0.3) is 26.9 Å².